The molecule has 0 N–H and O–H groups in total. The van der Waals surface area contributed by atoms with E-state index in [4.69, 9.17) is 4.74 Å². The van der Waals surface area contributed by atoms with Crippen molar-refractivity contribution >= 4 is 33.6 Å². The van der Waals surface area contributed by atoms with Gasteiger partial charge in [0.25, 0.3) is 11.7 Å². The number of pyridine rings is 1. The monoisotopic (exact) mass is 407 g/mol. The van der Waals surface area contributed by atoms with E-state index in [0.717, 1.165) is 0 Å². The Kier molecular flexibility index (Phi) is 3.72. The number of aromatic nitrogens is 7. The molecule has 0 atom stereocenters. The summed E-state index contributed by atoms with van der Waals surface area (Å²) in [5.74, 6) is 1.08. The van der Waals surface area contributed by atoms with E-state index >= 15 is 0 Å². The summed E-state index contributed by atoms with van der Waals surface area (Å²) >= 11 is 0. The number of fused-ring (bicyclic) bond motifs is 5. The lowest BCUT2D eigenvalue weighted by atomic mass is 10.2. The molecule has 0 bridgehead atoms. The number of hydrogen-bond acceptors (Lipinski definition) is 7. The van der Waals surface area contributed by atoms with E-state index in [1.165, 1.54) is 11.0 Å². The molecule has 6 aromatic rings. The summed E-state index contributed by atoms with van der Waals surface area (Å²) in [5.41, 5.74) is 1.59. The number of benzene rings is 2. The maximum Gasteiger partial charge on any atom is 0.280 e. The van der Waals surface area contributed by atoms with Crippen LogP contribution < -0.4 is 4.74 Å². The first-order valence-corrected chi connectivity index (χ1v) is 9.48. The smallest absolute Gasteiger partial charge is 0.280 e. The normalized spacial score (nSPS) is 11.4. The van der Waals surface area contributed by atoms with Crippen molar-refractivity contribution in [3.8, 4) is 11.6 Å². The van der Waals surface area contributed by atoms with Gasteiger partial charge >= 0.3 is 0 Å². The van der Waals surface area contributed by atoms with Crippen LogP contribution in [-0.2, 0) is 0 Å². The van der Waals surface area contributed by atoms with E-state index in [2.05, 4.69) is 25.1 Å². The third kappa shape index (κ3) is 2.71. The highest BCUT2D eigenvalue weighted by Crippen LogP contribution is 2.32. The second-order valence-corrected chi connectivity index (χ2v) is 6.79. The Hall–Kier alpha value is -4.66. The van der Waals surface area contributed by atoms with Gasteiger partial charge in [-0.25, -0.2) is 4.98 Å². The van der Waals surface area contributed by atoms with Crippen LogP contribution in [0.25, 0.3) is 27.7 Å². The van der Waals surface area contributed by atoms with E-state index in [9.17, 15) is 4.79 Å². The first kappa shape index (κ1) is 17.2. The summed E-state index contributed by atoms with van der Waals surface area (Å²) in [6.07, 6.45) is 4.62. The number of nitrogens with zero attached hydrogens (tertiary/aromatic N) is 7. The molecule has 148 valence electrons. The molecule has 0 spiro atoms. The van der Waals surface area contributed by atoms with Crippen LogP contribution in [-0.4, -0.2) is 40.3 Å². The first-order chi connectivity index (χ1) is 15.3. The zero-order chi connectivity index (χ0) is 20.8. The van der Waals surface area contributed by atoms with Gasteiger partial charge in [0, 0.05) is 11.8 Å². The number of para-hydroxylation sites is 1. The van der Waals surface area contributed by atoms with Gasteiger partial charge in [-0.15, -0.1) is 0 Å². The Morgan fingerprint density at radius 1 is 0.839 bits per heavy atom. The van der Waals surface area contributed by atoms with Gasteiger partial charge in [-0.3, -0.25) is 4.79 Å². The van der Waals surface area contributed by atoms with Crippen LogP contribution >= 0.6 is 0 Å². The lowest BCUT2D eigenvalue weighted by Crippen LogP contribution is -2.13. The van der Waals surface area contributed by atoms with Gasteiger partial charge in [0.2, 0.25) is 5.88 Å². The van der Waals surface area contributed by atoms with Crippen LogP contribution in [0.2, 0.25) is 0 Å². The largest absolute Gasteiger partial charge is 0.438 e. The summed E-state index contributed by atoms with van der Waals surface area (Å²) < 4.78 is 8.89. The van der Waals surface area contributed by atoms with Crippen LogP contribution in [0.5, 0.6) is 11.6 Å². The van der Waals surface area contributed by atoms with Gasteiger partial charge in [0.15, 0.2) is 5.65 Å². The average molecular weight is 407 g/mol. The quantitative estimate of drug-likeness (QED) is 0.443. The van der Waals surface area contributed by atoms with Gasteiger partial charge in [0.05, 0.1) is 22.5 Å². The Balaban J connectivity index is 1.59. The van der Waals surface area contributed by atoms with Crippen molar-refractivity contribution in [2.24, 2.45) is 0 Å². The molecular formula is C22H13N7O2. The average Bonchev–Trinajstić information content (AvgIpc) is 3.46. The van der Waals surface area contributed by atoms with Crippen molar-refractivity contribution in [1.82, 2.24) is 34.3 Å². The molecule has 0 aliphatic heterocycles. The number of ether oxygens (including phenoxy) is 1. The van der Waals surface area contributed by atoms with Crippen LogP contribution in [0.15, 0.2) is 79.4 Å². The molecule has 0 aliphatic carbocycles. The molecule has 6 rings (SSSR count). The molecule has 9 nitrogen and oxygen atoms in total. The van der Waals surface area contributed by atoms with Gasteiger partial charge < -0.3 is 4.74 Å². The fourth-order valence-corrected chi connectivity index (χ4v) is 3.50. The molecule has 0 unspecified atom stereocenters. The zero-order valence-corrected chi connectivity index (χ0v) is 16.0. The number of carbonyl (C=O) groups excluding carboxylic acids is 1. The van der Waals surface area contributed by atoms with Crippen molar-refractivity contribution in [3.05, 3.63) is 84.9 Å². The lowest BCUT2D eigenvalue weighted by molar-refractivity contribution is 0.0950. The molecule has 0 saturated heterocycles. The Labute approximate surface area is 174 Å². The molecule has 9 heteroatoms. The summed E-state index contributed by atoms with van der Waals surface area (Å²) in [7, 11) is 0. The Morgan fingerprint density at radius 2 is 1.61 bits per heavy atom. The third-order valence-electron chi connectivity index (χ3n) is 4.91. The predicted octanol–water partition coefficient (Wildman–Crippen LogP) is 3.50. The maximum absolute atomic E-state index is 13.0. The molecule has 0 amide bonds. The minimum atomic E-state index is -0.271. The molecule has 2 aromatic carbocycles. The van der Waals surface area contributed by atoms with Gasteiger partial charge in [-0.1, -0.05) is 36.4 Å². The Bertz CT molecular complexity index is 1570. The summed E-state index contributed by atoms with van der Waals surface area (Å²) in [5, 5.41) is 9.87. The van der Waals surface area contributed by atoms with Crippen molar-refractivity contribution in [2.75, 3.05) is 0 Å². The second-order valence-electron chi connectivity index (χ2n) is 6.79. The fraction of sp³-hybridized carbons (Fsp3) is 0. The lowest BCUT2D eigenvalue weighted by Gasteiger charge is -2.09. The number of hydrogen-bond donors (Lipinski definition) is 0. The van der Waals surface area contributed by atoms with Crippen molar-refractivity contribution < 1.29 is 9.53 Å². The van der Waals surface area contributed by atoms with E-state index in [1.807, 2.05) is 36.4 Å². The summed E-state index contributed by atoms with van der Waals surface area (Å²) in [4.78, 5) is 26.2. The standard InChI is InChI=1S/C22H13N7O2/c30-21(14-7-3-1-4-8-14)29-19-16(12-25-29)18-17(11-23-19)20(27-22-24-13-26-28(18)22)31-15-9-5-2-6-10-15/h1-13H. The highest BCUT2D eigenvalue weighted by molar-refractivity contribution is 6.08. The van der Waals surface area contributed by atoms with E-state index in [-0.39, 0.29) is 5.91 Å². The molecular weight excluding hydrogens is 394 g/mol. The van der Waals surface area contributed by atoms with Gasteiger partial charge in [-0.2, -0.15) is 29.4 Å². The highest BCUT2D eigenvalue weighted by Gasteiger charge is 2.20. The molecule has 31 heavy (non-hydrogen) atoms. The van der Waals surface area contributed by atoms with E-state index in [0.29, 0.717) is 44.9 Å². The van der Waals surface area contributed by atoms with Gasteiger partial charge in [-0.05, 0) is 24.3 Å². The topological polar surface area (TPSA) is 100 Å². The van der Waals surface area contributed by atoms with E-state index in [1.54, 1.807) is 41.2 Å². The summed E-state index contributed by atoms with van der Waals surface area (Å²) in [6.45, 7) is 0. The Morgan fingerprint density at radius 3 is 2.42 bits per heavy atom. The second kappa shape index (κ2) is 6.70. The predicted molar refractivity (Wildman–Crippen MR) is 112 cm³/mol. The molecule has 0 aliphatic rings. The molecule has 0 radical (unpaired) electrons. The van der Waals surface area contributed by atoms with E-state index < -0.39 is 0 Å². The number of carbonyl (C=O) groups is 1. The molecule has 4 aromatic heterocycles. The molecule has 0 fully saturated rings. The number of rotatable bonds is 3. The van der Waals surface area contributed by atoms with Crippen LogP contribution in [0.3, 0.4) is 0 Å². The van der Waals surface area contributed by atoms with Crippen LogP contribution in [0.4, 0.5) is 0 Å². The minimum Gasteiger partial charge on any atom is -0.438 e. The first-order valence-electron chi connectivity index (χ1n) is 9.48. The van der Waals surface area contributed by atoms with Crippen LogP contribution in [0, 0.1) is 0 Å². The van der Waals surface area contributed by atoms with Crippen molar-refractivity contribution in [1.29, 1.82) is 0 Å². The summed E-state index contributed by atoms with van der Waals surface area (Å²) in [6, 6.07) is 18.3. The van der Waals surface area contributed by atoms with Gasteiger partial charge in [0.1, 0.15) is 12.1 Å². The molecule has 0 saturated carbocycles. The molecule has 4 heterocycles. The fourth-order valence-electron chi connectivity index (χ4n) is 3.50. The maximum atomic E-state index is 13.0. The SMILES string of the molecule is O=C(c1ccccc1)n1ncc2c1ncc1c(Oc3ccccc3)nc3ncnn3c12. The van der Waals surface area contributed by atoms with Crippen molar-refractivity contribution in [2.45, 2.75) is 0 Å². The minimum absolute atomic E-state index is 0.271. The zero-order valence-electron chi connectivity index (χ0n) is 16.0. The third-order valence-corrected chi connectivity index (χ3v) is 4.91. The highest BCUT2D eigenvalue weighted by atomic mass is 16.5. The van der Waals surface area contributed by atoms with Crippen molar-refractivity contribution in [3.63, 3.8) is 0 Å². The van der Waals surface area contributed by atoms with Crippen LogP contribution in [0.1, 0.15) is 10.4 Å².